The Hall–Kier alpha value is -1.85. The highest BCUT2D eigenvalue weighted by Crippen LogP contribution is 2.28. The molecular weight excluding hydrogens is 248 g/mol. The summed E-state index contributed by atoms with van der Waals surface area (Å²) in [7, 11) is 1.70. The number of carboxylic acids is 1. The second-order valence-electron chi connectivity index (χ2n) is 5.07. The van der Waals surface area contributed by atoms with Crippen LogP contribution in [0, 0.1) is 11.8 Å². The first-order valence-corrected chi connectivity index (χ1v) is 6.41. The molecule has 6 heteroatoms. The van der Waals surface area contributed by atoms with E-state index in [0.717, 1.165) is 0 Å². The van der Waals surface area contributed by atoms with Crippen molar-refractivity contribution < 1.29 is 19.5 Å². The maximum Gasteiger partial charge on any atom is 0.307 e. The van der Waals surface area contributed by atoms with Gasteiger partial charge in [0, 0.05) is 20.1 Å². The summed E-state index contributed by atoms with van der Waals surface area (Å²) in [5.41, 5.74) is 0. The summed E-state index contributed by atoms with van der Waals surface area (Å²) in [6.45, 7) is 1.04. The molecule has 0 aromatic carbocycles. The third-order valence-corrected chi connectivity index (χ3v) is 3.84. The summed E-state index contributed by atoms with van der Waals surface area (Å²) in [5, 5.41) is 9.17. The van der Waals surface area contributed by atoms with Crippen molar-refractivity contribution in [1.82, 2.24) is 9.80 Å². The quantitative estimate of drug-likeness (QED) is 0.711. The van der Waals surface area contributed by atoms with Crippen molar-refractivity contribution in [2.75, 3.05) is 26.7 Å². The first-order valence-electron chi connectivity index (χ1n) is 6.41. The SMILES string of the molecule is CN1CCN(C(=O)C2CC=CCC2C(=O)O)CC1=O. The van der Waals surface area contributed by atoms with E-state index >= 15 is 0 Å². The lowest BCUT2D eigenvalue weighted by molar-refractivity contribution is -0.153. The van der Waals surface area contributed by atoms with Crippen LogP contribution in [0.4, 0.5) is 0 Å². The van der Waals surface area contributed by atoms with Crippen LogP contribution in [-0.2, 0) is 14.4 Å². The first kappa shape index (κ1) is 13.6. The highest BCUT2D eigenvalue weighted by molar-refractivity contribution is 5.89. The van der Waals surface area contributed by atoms with Crippen molar-refractivity contribution in [2.45, 2.75) is 12.8 Å². The molecule has 0 aromatic heterocycles. The van der Waals surface area contributed by atoms with E-state index in [1.165, 1.54) is 4.90 Å². The molecular formula is C13H18N2O4. The van der Waals surface area contributed by atoms with Gasteiger partial charge in [0.1, 0.15) is 0 Å². The van der Waals surface area contributed by atoms with Crippen LogP contribution in [0.15, 0.2) is 12.2 Å². The summed E-state index contributed by atoms with van der Waals surface area (Å²) in [4.78, 5) is 38.2. The maximum atomic E-state index is 12.4. The number of carbonyl (C=O) groups excluding carboxylic acids is 2. The van der Waals surface area contributed by atoms with Gasteiger partial charge in [-0.3, -0.25) is 14.4 Å². The molecule has 0 bridgehead atoms. The van der Waals surface area contributed by atoms with Gasteiger partial charge in [-0.05, 0) is 12.8 Å². The van der Waals surface area contributed by atoms with E-state index in [2.05, 4.69) is 0 Å². The Bertz CT molecular complexity index is 432. The van der Waals surface area contributed by atoms with Gasteiger partial charge in [0.05, 0.1) is 18.4 Å². The Kier molecular flexibility index (Phi) is 3.87. The molecule has 2 amide bonds. The second kappa shape index (κ2) is 5.42. The monoisotopic (exact) mass is 266 g/mol. The highest BCUT2D eigenvalue weighted by atomic mass is 16.4. The Morgan fingerprint density at radius 3 is 2.42 bits per heavy atom. The maximum absolute atomic E-state index is 12.4. The molecule has 2 atom stereocenters. The normalized spacial score (nSPS) is 27.5. The van der Waals surface area contributed by atoms with Gasteiger partial charge in [-0.15, -0.1) is 0 Å². The molecule has 1 fully saturated rings. The zero-order valence-electron chi connectivity index (χ0n) is 10.9. The first-order chi connectivity index (χ1) is 9.00. The minimum absolute atomic E-state index is 0.0574. The summed E-state index contributed by atoms with van der Waals surface area (Å²) < 4.78 is 0. The predicted molar refractivity (Wildman–Crippen MR) is 67.2 cm³/mol. The molecule has 2 aliphatic rings. The average Bonchev–Trinajstić information content (AvgIpc) is 2.41. The van der Waals surface area contributed by atoms with Gasteiger partial charge in [0.25, 0.3) is 0 Å². The lowest BCUT2D eigenvalue weighted by atomic mass is 9.82. The Balaban J connectivity index is 2.08. The molecule has 1 aliphatic carbocycles. The number of nitrogens with zero attached hydrogens (tertiary/aromatic N) is 2. The van der Waals surface area contributed by atoms with Crippen molar-refractivity contribution in [3.8, 4) is 0 Å². The molecule has 0 spiro atoms. The Morgan fingerprint density at radius 2 is 1.84 bits per heavy atom. The third-order valence-electron chi connectivity index (χ3n) is 3.84. The van der Waals surface area contributed by atoms with Crippen molar-refractivity contribution in [1.29, 1.82) is 0 Å². The minimum atomic E-state index is -0.942. The molecule has 6 nitrogen and oxygen atoms in total. The predicted octanol–water partition coefficient (Wildman–Crippen LogP) is -0.0460. The number of aliphatic carboxylic acids is 1. The number of rotatable bonds is 2. The molecule has 19 heavy (non-hydrogen) atoms. The van der Waals surface area contributed by atoms with E-state index in [1.807, 2.05) is 6.08 Å². The van der Waals surface area contributed by atoms with Crippen LogP contribution in [0.5, 0.6) is 0 Å². The van der Waals surface area contributed by atoms with Crippen LogP contribution in [0.2, 0.25) is 0 Å². The third kappa shape index (κ3) is 2.77. The van der Waals surface area contributed by atoms with E-state index < -0.39 is 17.8 Å². The van der Waals surface area contributed by atoms with Crippen LogP contribution in [0.1, 0.15) is 12.8 Å². The van der Waals surface area contributed by atoms with Gasteiger partial charge in [-0.2, -0.15) is 0 Å². The molecule has 0 radical (unpaired) electrons. The summed E-state index contributed by atoms with van der Waals surface area (Å²) in [6.07, 6.45) is 4.47. The Morgan fingerprint density at radius 1 is 1.21 bits per heavy atom. The van der Waals surface area contributed by atoms with Crippen LogP contribution in [0.3, 0.4) is 0 Å². The van der Waals surface area contributed by atoms with Crippen LogP contribution >= 0.6 is 0 Å². The van der Waals surface area contributed by atoms with Crippen molar-refractivity contribution in [3.63, 3.8) is 0 Å². The molecule has 2 rings (SSSR count). The van der Waals surface area contributed by atoms with Gasteiger partial charge in [0.15, 0.2) is 0 Å². The molecule has 0 saturated carbocycles. The molecule has 104 valence electrons. The number of hydrogen-bond donors (Lipinski definition) is 1. The summed E-state index contributed by atoms with van der Waals surface area (Å²) in [5.74, 6) is -2.47. The lowest BCUT2D eigenvalue weighted by Crippen LogP contribution is -2.53. The summed E-state index contributed by atoms with van der Waals surface area (Å²) >= 11 is 0. The van der Waals surface area contributed by atoms with Crippen molar-refractivity contribution >= 4 is 17.8 Å². The van der Waals surface area contributed by atoms with Crippen molar-refractivity contribution in [2.24, 2.45) is 11.8 Å². The minimum Gasteiger partial charge on any atom is -0.481 e. The topological polar surface area (TPSA) is 77.9 Å². The van der Waals surface area contributed by atoms with E-state index in [9.17, 15) is 19.5 Å². The molecule has 2 unspecified atom stereocenters. The van der Waals surface area contributed by atoms with Gasteiger partial charge < -0.3 is 14.9 Å². The molecule has 0 aromatic rings. The molecule has 1 aliphatic heterocycles. The standard InChI is InChI=1S/C13H18N2O4/c1-14-6-7-15(8-11(14)16)12(17)9-4-2-3-5-10(9)13(18)19/h2-3,9-10H,4-8H2,1H3,(H,18,19). The van der Waals surface area contributed by atoms with E-state index in [-0.39, 0.29) is 18.4 Å². The highest BCUT2D eigenvalue weighted by Gasteiger charge is 2.37. The zero-order valence-corrected chi connectivity index (χ0v) is 10.9. The summed E-state index contributed by atoms with van der Waals surface area (Å²) in [6, 6.07) is 0. The average molecular weight is 266 g/mol. The Labute approximate surface area is 111 Å². The van der Waals surface area contributed by atoms with Crippen LogP contribution in [-0.4, -0.2) is 59.4 Å². The van der Waals surface area contributed by atoms with E-state index in [1.54, 1.807) is 18.0 Å². The number of amides is 2. The van der Waals surface area contributed by atoms with Gasteiger partial charge in [-0.1, -0.05) is 12.2 Å². The fourth-order valence-electron chi connectivity index (χ4n) is 2.54. The fourth-order valence-corrected chi connectivity index (χ4v) is 2.54. The van der Waals surface area contributed by atoms with Gasteiger partial charge in [0.2, 0.25) is 11.8 Å². The molecule has 1 saturated heterocycles. The largest absolute Gasteiger partial charge is 0.481 e. The number of carbonyl (C=O) groups is 3. The number of hydrogen-bond acceptors (Lipinski definition) is 3. The lowest BCUT2D eigenvalue weighted by Gasteiger charge is -2.35. The van der Waals surface area contributed by atoms with Gasteiger partial charge >= 0.3 is 5.97 Å². The second-order valence-corrected chi connectivity index (χ2v) is 5.07. The van der Waals surface area contributed by atoms with Crippen LogP contribution < -0.4 is 0 Å². The van der Waals surface area contributed by atoms with E-state index in [0.29, 0.717) is 25.9 Å². The van der Waals surface area contributed by atoms with Crippen molar-refractivity contribution in [3.05, 3.63) is 12.2 Å². The number of piperazine rings is 1. The molecule has 1 heterocycles. The van der Waals surface area contributed by atoms with Gasteiger partial charge in [-0.25, -0.2) is 0 Å². The number of allylic oxidation sites excluding steroid dienone is 2. The smallest absolute Gasteiger partial charge is 0.307 e. The van der Waals surface area contributed by atoms with Crippen LogP contribution in [0.25, 0.3) is 0 Å². The van der Waals surface area contributed by atoms with E-state index in [4.69, 9.17) is 0 Å². The zero-order chi connectivity index (χ0) is 14.0. The number of carboxylic acid groups (broad SMARTS) is 1. The number of likely N-dealkylation sites (N-methyl/N-ethyl adjacent to an activating group) is 1. The fraction of sp³-hybridized carbons (Fsp3) is 0.615. The molecule has 1 N–H and O–H groups in total.